The van der Waals surface area contributed by atoms with Crippen molar-refractivity contribution >= 4 is 29.4 Å². The van der Waals surface area contributed by atoms with Gasteiger partial charge in [0, 0.05) is 6.54 Å². The van der Waals surface area contributed by atoms with Gasteiger partial charge in [0.1, 0.15) is 6.34 Å². The van der Waals surface area contributed by atoms with Crippen LogP contribution in [-0.4, -0.2) is 22.6 Å². The summed E-state index contributed by atoms with van der Waals surface area (Å²) in [5.74, 6) is 0.184. The first-order valence-corrected chi connectivity index (χ1v) is 10.9. The van der Waals surface area contributed by atoms with Crippen molar-refractivity contribution in [3.63, 3.8) is 0 Å². The van der Waals surface area contributed by atoms with Crippen LogP contribution in [0, 0.1) is 0 Å². The van der Waals surface area contributed by atoms with E-state index in [9.17, 15) is 5.11 Å². The molecule has 31 heavy (non-hydrogen) atoms. The zero-order chi connectivity index (χ0) is 21.0. The summed E-state index contributed by atoms with van der Waals surface area (Å²) in [6.07, 6.45) is 4.37. The van der Waals surface area contributed by atoms with Crippen molar-refractivity contribution in [2.45, 2.75) is 6.42 Å². The van der Waals surface area contributed by atoms with Crippen molar-refractivity contribution in [2.75, 3.05) is 6.54 Å². The van der Waals surface area contributed by atoms with Gasteiger partial charge in [0.15, 0.2) is 4.80 Å². The molecule has 5 nitrogen and oxygen atoms in total. The summed E-state index contributed by atoms with van der Waals surface area (Å²) in [5, 5.41) is 12.9. The zero-order valence-corrected chi connectivity index (χ0v) is 17.5. The predicted octanol–water partition coefficient (Wildman–Crippen LogP) is 3.51. The molecule has 1 aliphatic rings. The van der Waals surface area contributed by atoms with Crippen LogP contribution in [0.15, 0.2) is 93.8 Å². The highest BCUT2D eigenvalue weighted by atomic mass is 32.1. The molecule has 1 N–H and O–H groups in total. The first kappa shape index (κ1) is 19.2. The van der Waals surface area contributed by atoms with E-state index in [1.54, 1.807) is 6.34 Å². The number of rotatable bonds is 5. The quantitative estimate of drug-likeness (QED) is 0.524. The van der Waals surface area contributed by atoms with Crippen LogP contribution in [0.5, 0.6) is 5.88 Å². The van der Waals surface area contributed by atoms with E-state index in [1.807, 2.05) is 77.4 Å². The van der Waals surface area contributed by atoms with E-state index >= 15 is 0 Å². The van der Waals surface area contributed by atoms with Crippen LogP contribution in [0.2, 0.25) is 0 Å². The predicted molar refractivity (Wildman–Crippen MR) is 125 cm³/mol. The molecule has 6 heteroatoms. The van der Waals surface area contributed by atoms with E-state index < -0.39 is 0 Å². The number of aliphatic imine (C=N–C) groups is 1. The molecule has 0 amide bonds. The molecule has 1 aliphatic heterocycles. The van der Waals surface area contributed by atoms with Crippen LogP contribution < -0.4 is 15.4 Å². The van der Waals surface area contributed by atoms with Crippen molar-refractivity contribution in [1.29, 1.82) is 0 Å². The number of para-hydroxylation sites is 1. The highest BCUT2D eigenvalue weighted by molar-refractivity contribution is 7.10. The molecule has 3 aromatic carbocycles. The Morgan fingerprint density at radius 1 is 0.968 bits per heavy atom. The summed E-state index contributed by atoms with van der Waals surface area (Å²) in [7, 11) is 0. The maximum absolute atomic E-state index is 11.1. The zero-order valence-electron chi connectivity index (χ0n) is 16.7. The summed E-state index contributed by atoms with van der Waals surface area (Å²) >= 11 is 1.47. The average molecular weight is 425 g/mol. The SMILES string of the molecule is Oc1c(/C=c2\ccc3c(c2)N=CN=3)sc(=NCCc2ccccc2)n1-c1ccccc1. The van der Waals surface area contributed by atoms with Gasteiger partial charge < -0.3 is 5.11 Å². The highest BCUT2D eigenvalue weighted by Crippen LogP contribution is 2.24. The molecule has 0 unspecified atom stereocenters. The van der Waals surface area contributed by atoms with Gasteiger partial charge in [-0.2, -0.15) is 0 Å². The molecule has 5 rings (SSSR count). The van der Waals surface area contributed by atoms with Gasteiger partial charge in [0.25, 0.3) is 0 Å². The van der Waals surface area contributed by atoms with E-state index in [2.05, 4.69) is 22.1 Å². The van der Waals surface area contributed by atoms with Crippen LogP contribution in [0.3, 0.4) is 0 Å². The third kappa shape index (κ3) is 4.11. The molecule has 0 bridgehead atoms. The Labute approximate surface area is 183 Å². The third-order valence-corrected chi connectivity index (χ3v) is 6.03. The molecule has 0 saturated heterocycles. The molecule has 1 aromatic heterocycles. The van der Waals surface area contributed by atoms with Crippen LogP contribution in [0.1, 0.15) is 10.4 Å². The van der Waals surface area contributed by atoms with E-state index in [4.69, 9.17) is 4.99 Å². The number of fused-ring (bicyclic) bond motifs is 1. The standard InChI is InChI=1S/C25H20N4OS/c30-24-23(16-19-11-12-21-22(15-19)28-17-27-21)31-25(29(24)20-9-5-2-6-10-20)26-14-13-18-7-3-1-4-8-18/h1-12,15-17,30H,13-14H2/b19-16+,26-25?. The molecule has 0 aliphatic carbocycles. The molecule has 2 heterocycles. The summed E-state index contributed by atoms with van der Waals surface area (Å²) in [6, 6.07) is 26.0. The topological polar surface area (TPSA) is 62.2 Å². The van der Waals surface area contributed by atoms with Gasteiger partial charge in [-0.3, -0.25) is 9.56 Å². The Bertz CT molecular complexity index is 1430. The molecular formula is C25H20N4OS. The van der Waals surface area contributed by atoms with Gasteiger partial charge in [-0.25, -0.2) is 9.98 Å². The fraction of sp³-hybridized carbons (Fsp3) is 0.0800. The first-order valence-electron chi connectivity index (χ1n) is 10.0. The lowest BCUT2D eigenvalue weighted by atomic mass is 10.2. The van der Waals surface area contributed by atoms with Crippen molar-refractivity contribution in [2.24, 2.45) is 15.0 Å². The molecular weight excluding hydrogens is 404 g/mol. The van der Waals surface area contributed by atoms with E-state index in [0.29, 0.717) is 6.54 Å². The summed E-state index contributed by atoms with van der Waals surface area (Å²) in [4.78, 5) is 14.8. The number of hydrogen-bond donors (Lipinski definition) is 1. The van der Waals surface area contributed by atoms with Crippen LogP contribution in [0.25, 0.3) is 11.8 Å². The maximum atomic E-state index is 11.1. The van der Waals surface area contributed by atoms with Gasteiger partial charge in [0.2, 0.25) is 5.88 Å². The lowest BCUT2D eigenvalue weighted by Gasteiger charge is -2.05. The Morgan fingerprint density at radius 3 is 2.55 bits per heavy atom. The number of benzene rings is 3. The van der Waals surface area contributed by atoms with Gasteiger partial charge in [-0.1, -0.05) is 65.9 Å². The lowest BCUT2D eigenvalue weighted by molar-refractivity contribution is 0.439. The van der Waals surface area contributed by atoms with E-state index in [-0.39, 0.29) is 5.88 Å². The summed E-state index contributed by atoms with van der Waals surface area (Å²) < 4.78 is 1.81. The second kappa shape index (κ2) is 8.53. The number of thiazole rings is 1. The second-order valence-corrected chi connectivity index (χ2v) is 8.14. The minimum Gasteiger partial charge on any atom is -0.493 e. The first-order chi connectivity index (χ1) is 15.3. The molecule has 0 radical (unpaired) electrons. The Kier molecular flexibility index (Phi) is 5.29. The van der Waals surface area contributed by atoms with E-state index in [1.165, 1.54) is 16.9 Å². The molecule has 0 spiro atoms. The van der Waals surface area contributed by atoms with Crippen LogP contribution in [0.4, 0.5) is 5.69 Å². The monoisotopic (exact) mass is 424 g/mol. The fourth-order valence-corrected chi connectivity index (χ4v) is 4.48. The Hall–Kier alpha value is -3.77. The summed E-state index contributed by atoms with van der Waals surface area (Å²) in [5.41, 5.74) is 2.97. The molecule has 0 atom stereocenters. The number of hydrogen-bond acceptors (Lipinski definition) is 5. The minimum absolute atomic E-state index is 0.184. The van der Waals surface area contributed by atoms with Gasteiger partial charge in [-0.15, -0.1) is 0 Å². The molecule has 4 aromatic rings. The molecule has 152 valence electrons. The number of aromatic nitrogens is 1. The third-order valence-electron chi connectivity index (χ3n) is 5.02. The highest BCUT2D eigenvalue weighted by Gasteiger charge is 2.12. The largest absolute Gasteiger partial charge is 0.493 e. The maximum Gasteiger partial charge on any atom is 0.215 e. The van der Waals surface area contributed by atoms with Gasteiger partial charge in [0.05, 0.1) is 21.6 Å². The average Bonchev–Trinajstić information content (AvgIpc) is 3.39. The van der Waals surface area contributed by atoms with Crippen molar-refractivity contribution in [3.05, 3.63) is 105 Å². The van der Waals surface area contributed by atoms with E-state index in [0.717, 1.165) is 38.1 Å². The number of nitrogens with zero attached hydrogens (tertiary/aromatic N) is 4. The Morgan fingerprint density at radius 2 is 1.74 bits per heavy atom. The van der Waals surface area contributed by atoms with Crippen LogP contribution >= 0.6 is 11.3 Å². The van der Waals surface area contributed by atoms with Crippen molar-refractivity contribution in [3.8, 4) is 11.6 Å². The van der Waals surface area contributed by atoms with Crippen LogP contribution in [-0.2, 0) is 6.42 Å². The molecule has 0 saturated carbocycles. The van der Waals surface area contributed by atoms with Gasteiger partial charge >= 0.3 is 0 Å². The van der Waals surface area contributed by atoms with Gasteiger partial charge in [-0.05, 0) is 47.5 Å². The smallest absolute Gasteiger partial charge is 0.215 e. The normalized spacial score (nSPS) is 13.4. The fourth-order valence-electron chi connectivity index (χ4n) is 3.47. The van der Waals surface area contributed by atoms with Crippen molar-refractivity contribution < 1.29 is 5.11 Å². The van der Waals surface area contributed by atoms with Crippen molar-refractivity contribution in [1.82, 2.24) is 4.57 Å². The summed E-state index contributed by atoms with van der Waals surface area (Å²) in [6.45, 7) is 0.644. The second-order valence-electron chi connectivity index (χ2n) is 7.13. The number of aromatic hydroxyl groups is 1. The Balaban J connectivity index is 1.57. The lowest BCUT2D eigenvalue weighted by Crippen LogP contribution is -2.13. The minimum atomic E-state index is 0.184. The molecule has 0 fully saturated rings.